The Labute approximate surface area is 72.3 Å². The molecular formula is C9H15FS. The number of thioether (sulfide) groups is 1. The molecule has 0 saturated carbocycles. The molecule has 1 rings (SSSR count). The van der Waals surface area contributed by atoms with E-state index in [0.717, 1.165) is 19.3 Å². The molecule has 0 fully saturated rings. The van der Waals surface area contributed by atoms with Crippen LogP contribution in [-0.2, 0) is 0 Å². The fourth-order valence-electron chi connectivity index (χ4n) is 1.38. The van der Waals surface area contributed by atoms with Gasteiger partial charge < -0.3 is 0 Å². The minimum atomic E-state index is -0.588. The maximum Gasteiger partial charge on any atom is 0.112 e. The summed E-state index contributed by atoms with van der Waals surface area (Å²) < 4.78 is 13.2. The van der Waals surface area contributed by atoms with E-state index in [1.807, 2.05) is 6.26 Å². The fourth-order valence-corrected chi connectivity index (χ4v) is 2.19. The van der Waals surface area contributed by atoms with Crippen LogP contribution < -0.4 is 0 Å². The number of hydrogen-bond donors (Lipinski definition) is 0. The van der Waals surface area contributed by atoms with Crippen molar-refractivity contribution in [2.24, 2.45) is 0 Å². The molecule has 0 saturated heterocycles. The van der Waals surface area contributed by atoms with Crippen LogP contribution >= 0.6 is 11.8 Å². The summed E-state index contributed by atoms with van der Waals surface area (Å²) in [5, 5.41) is 0.236. The van der Waals surface area contributed by atoms with Crippen LogP contribution in [0, 0.1) is 0 Å². The van der Waals surface area contributed by atoms with Crippen molar-refractivity contribution in [3.05, 3.63) is 12.2 Å². The zero-order chi connectivity index (χ0) is 8.10. The molecule has 0 aromatic heterocycles. The molecule has 0 nitrogen and oxygen atoms in total. The Balaban J connectivity index is 2.43. The highest BCUT2D eigenvalue weighted by Gasteiger charge is 2.19. The lowest BCUT2D eigenvalue weighted by molar-refractivity contribution is 0.299. The maximum absolute atomic E-state index is 13.2. The van der Waals surface area contributed by atoms with Crippen LogP contribution in [0.3, 0.4) is 0 Å². The highest BCUT2D eigenvalue weighted by Crippen LogP contribution is 2.24. The first-order valence-electron chi connectivity index (χ1n) is 4.16. The summed E-state index contributed by atoms with van der Waals surface area (Å²) in [5.74, 6) is 0. The van der Waals surface area contributed by atoms with Crippen LogP contribution in [-0.4, -0.2) is 17.7 Å². The summed E-state index contributed by atoms with van der Waals surface area (Å²) in [4.78, 5) is 0. The lowest BCUT2D eigenvalue weighted by atomic mass is 10.0. The van der Waals surface area contributed by atoms with Crippen molar-refractivity contribution in [2.75, 3.05) is 6.26 Å². The van der Waals surface area contributed by atoms with Crippen molar-refractivity contribution < 1.29 is 4.39 Å². The van der Waals surface area contributed by atoms with Gasteiger partial charge in [0.1, 0.15) is 6.17 Å². The number of allylic oxidation sites excluding steroid dienone is 2. The molecule has 0 N–H and O–H groups in total. The van der Waals surface area contributed by atoms with Gasteiger partial charge in [-0.15, -0.1) is 0 Å². The van der Waals surface area contributed by atoms with Gasteiger partial charge in [0.05, 0.1) is 0 Å². The summed E-state index contributed by atoms with van der Waals surface area (Å²) in [7, 11) is 0. The molecule has 0 radical (unpaired) electrons. The molecule has 2 heteroatoms. The predicted octanol–water partition coefficient (Wildman–Crippen LogP) is 3.19. The highest BCUT2D eigenvalue weighted by molar-refractivity contribution is 7.99. The average Bonchev–Trinajstić information content (AvgIpc) is 1.98. The Morgan fingerprint density at radius 2 is 1.91 bits per heavy atom. The normalized spacial score (nSPS) is 35.8. The Hall–Kier alpha value is 0.0200. The first kappa shape index (κ1) is 9.11. The molecule has 0 aliphatic heterocycles. The molecule has 1 aliphatic rings. The molecule has 0 bridgehead atoms. The van der Waals surface area contributed by atoms with E-state index in [1.54, 1.807) is 11.8 Å². The lowest BCUT2D eigenvalue weighted by Crippen LogP contribution is -2.18. The maximum atomic E-state index is 13.2. The largest absolute Gasteiger partial charge is 0.246 e. The van der Waals surface area contributed by atoms with E-state index in [9.17, 15) is 4.39 Å². The van der Waals surface area contributed by atoms with Gasteiger partial charge in [-0.25, -0.2) is 4.39 Å². The summed E-state index contributed by atoms with van der Waals surface area (Å²) in [6, 6.07) is 0. The van der Waals surface area contributed by atoms with Crippen molar-refractivity contribution in [1.82, 2.24) is 0 Å². The SMILES string of the molecule is CS[C@H]1CC/C=C\CC[C@@H]1F. The molecule has 11 heavy (non-hydrogen) atoms. The van der Waals surface area contributed by atoms with E-state index < -0.39 is 6.17 Å². The van der Waals surface area contributed by atoms with E-state index in [0.29, 0.717) is 6.42 Å². The van der Waals surface area contributed by atoms with Gasteiger partial charge in [-0.05, 0) is 31.9 Å². The fraction of sp³-hybridized carbons (Fsp3) is 0.778. The zero-order valence-corrected chi connectivity index (χ0v) is 7.74. The van der Waals surface area contributed by atoms with Gasteiger partial charge in [0.25, 0.3) is 0 Å². The molecule has 1 aliphatic carbocycles. The Morgan fingerprint density at radius 3 is 2.55 bits per heavy atom. The molecular weight excluding hydrogens is 159 g/mol. The molecule has 0 amide bonds. The number of halogens is 1. The van der Waals surface area contributed by atoms with Crippen LogP contribution in [0.2, 0.25) is 0 Å². The van der Waals surface area contributed by atoms with Crippen molar-refractivity contribution >= 4 is 11.8 Å². The Kier molecular flexibility index (Phi) is 3.98. The first-order chi connectivity index (χ1) is 5.34. The van der Waals surface area contributed by atoms with E-state index >= 15 is 0 Å². The average molecular weight is 174 g/mol. The molecule has 2 atom stereocenters. The van der Waals surface area contributed by atoms with Gasteiger partial charge in [-0.3, -0.25) is 0 Å². The quantitative estimate of drug-likeness (QED) is 0.550. The third-order valence-corrected chi connectivity index (χ3v) is 3.24. The van der Waals surface area contributed by atoms with Crippen molar-refractivity contribution in [2.45, 2.75) is 37.1 Å². The van der Waals surface area contributed by atoms with E-state index in [1.165, 1.54) is 0 Å². The predicted molar refractivity (Wildman–Crippen MR) is 49.8 cm³/mol. The Bertz CT molecular complexity index is 134. The van der Waals surface area contributed by atoms with Crippen LogP contribution in [0.25, 0.3) is 0 Å². The van der Waals surface area contributed by atoms with Crippen molar-refractivity contribution in [3.8, 4) is 0 Å². The van der Waals surface area contributed by atoms with Crippen LogP contribution in [0.15, 0.2) is 12.2 Å². The van der Waals surface area contributed by atoms with Gasteiger partial charge in [0.15, 0.2) is 0 Å². The third kappa shape index (κ3) is 2.86. The summed E-state index contributed by atoms with van der Waals surface area (Å²) in [6.45, 7) is 0. The monoisotopic (exact) mass is 174 g/mol. The molecule has 0 spiro atoms. The number of alkyl halides is 1. The third-order valence-electron chi connectivity index (χ3n) is 2.10. The number of rotatable bonds is 1. The van der Waals surface area contributed by atoms with Crippen molar-refractivity contribution in [1.29, 1.82) is 0 Å². The van der Waals surface area contributed by atoms with Gasteiger partial charge >= 0.3 is 0 Å². The molecule has 0 aromatic rings. The number of hydrogen-bond acceptors (Lipinski definition) is 1. The van der Waals surface area contributed by atoms with Crippen LogP contribution in [0.5, 0.6) is 0 Å². The topological polar surface area (TPSA) is 0 Å². The first-order valence-corrected chi connectivity index (χ1v) is 5.45. The molecule has 0 heterocycles. The summed E-state index contributed by atoms with van der Waals surface area (Å²) in [6.07, 6.45) is 9.36. The smallest absolute Gasteiger partial charge is 0.112 e. The lowest BCUT2D eigenvalue weighted by Gasteiger charge is -2.19. The molecule has 64 valence electrons. The van der Waals surface area contributed by atoms with Gasteiger partial charge in [0.2, 0.25) is 0 Å². The zero-order valence-electron chi connectivity index (χ0n) is 6.92. The van der Waals surface area contributed by atoms with E-state index in [2.05, 4.69) is 12.2 Å². The second kappa shape index (κ2) is 4.81. The van der Waals surface area contributed by atoms with Crippen molar-refractivity contribution in [3.63, 3.8) is 0 Å². The summed E-state index contributed by atoms with van der Waals surface area (Å²) >= 11 is 1.67. The van der Waals surface area contributed by atoms with Gasteiger partial charge in [-0.1, -0.05) is 12.2 Å². The van der Waals surface area contributed by atoms with E-state index in [4.69, 9.17) is 0 Å². The molecule has 0 unspecified atom stereocenters. The van der Waals surface area contributed by atoms with Crippen LogP contribution in [0.1, 0.15) is 25.7 Å². The highest BCUT2D eigenvalue weighted by atomic mass is 32.2. The second-order valence-electron chi connectivity index (χ2n) is 2.92. The summed E-state index contributed by atoms with van der Waals surface area (Å²) in [5.41, 5.74) is 0. The van der Waals surface area contributed by atoms with E-state index in [-0.39, 0.29) is 5.25 Å². The molecule has 0 aromatic carbocycles. The Morgan fingerprint density at radius 1 is 1.27 bits per heavy atom. The minimum Gasteiger partial charge on any atom is -0.246 e. The minimum absolute atomic E-state index is 0.236. The van der Waals surface area contributed by atoms with Gasteiger partial charge in [0, 0.05) is 5.25 Å². The standard InChI is InChI=1S/C9H15FS/c1-11-9-7-5-3-2-4-6-8(9)10/h2-3,8-9H,4-7H2,1H3/b3-2-/t8-,9-/m0/s1. The second-order valence-corrected chi connectivity index (χ2v) is 3.99. The van der Waals surface area contributed by atoms with Crippen LogP contribution in [0.4, 0.5) is 4.39 Å². The van der Waals surface area contributed by atoms with Gasteiger partial charge in [-0.2, -0.15) is 11.8 Å².